The standard InChI is InChI=1S/C25H26FN5O4/c1-14-19(11-30-23-22(14)28-4-5-33-23)18-6-15-8-21(29-10-16(15)7-20(18)26)31-24(32)35-17-9-25(34-12-17)2-3-27-13-25/h6-8,10-11,17,27-28H,2-5,9,12-13H2,1H3,(H,29,31,32)/t17-,25?/m1/s1. The van der Waals surface area contributed by atoms with E-state index in [1.54, 1.807) is 18.3 Å². The number of carbonyl (C=O) groups is 1. The number of aromatic nitrogens is 2. The lowest BCUT2D eigenvalue weighted by Crippen LogP contribution is -2.31. The zero-order valence-corrected chi connectivity index (χ0v) is 19.3. The Hall–Kier alpha value is -3.50. The third-order valence-corrected chi connectivity index (χ3v) is 6.93. The first-order valence-corrected chi connectivity index (χ1v) is 11.8. The summed E-state index contributed by atoms with van der Waals surface area (Å²) in [5.74, 6) is 0.472. The third-order valence-electron chi connectivity index (χ3n) is 6.93. The topological polar surface area (TPSA) is 107 Å². The Morgan fingerprint density at radius 2 is 2.11 bits per heavy atom. The summed E-state index contributed by atoms with van der Waals surface area (Å²) in [6.45, 7) is 5.20. The van der Waals surface area contributed by atoms with Crippen molar-refractivity contribution >= 4 is 28.4 Å². The Balaban J connectivity index is 1.22. The number of ether oxygens (including phenoxy) is 3. The van der Waals surface area contributed by atoms with E-state index in [-0.39, 0.29) is 17.5 Å². The molecule has 0 bridgehead atoms. The minimum atomic E-state index is -0.586. The third kappa shape index (κ3) is 4.12. The maximum absolute atomic E-state index is 15.1. The van der Waals surface area contributed by atoms with Gasteiger partial charge in [0.15, 0.2) is 0 Å². The fourth-order valence-corrected chi connectivity index (χ4v) is 5.11. The average molecular weight is 480 g/mol. The Morgan fingerprint density at radius 1 is 1.20 bits per heavy atom. The van der Waals surface area contributed by atoms with E-state index in [2.05, 4.69) is 25.9 Å². The number of pyridine rings is 2. The number of fused-ring (bicyclic) bond motifs is 2. The summed E-state index contributed by atoms with van der Waals surface area (Å²) in [4.78, 5) is 21.1. The smallest absolute Gasteiger partial charge is 0.413 e. The molecule has 0 saturated carbocycles. The lowest BCUT2D eigenvalue weighted by atomic mass is 9.98. The van der Waals surface area contributed by atoms with Gasteiger partial charge in [-0.05, 0) is 49.0 Å². The lowest BCUT2D eigenvalue weighted by molar-refractivity contribution is 0.0162. The van der Waals surface area contributed by atoms with Crippen LogP contribution in [0.3, 0.4) is 0 Å². The lowest BCUT2D eigenvalue weighted by Gasteiger charge is -2.21. The maximum atomic E-state index is 15.1. The molecular formula is C25H26FN5O4. The largest absolute Gasteiger partial charge is 0.474 e. The minimum Gasteiger partial charge on any atom is -0.474 e. The number of rotatable bonds is 3. The van der Waals surface area contributed by atoms with Crippen LogP contribution < -0.4 is 20.7 Å². The summed E-state index contributed by atoms with van der Waals surface area (Å²) in [6, 6.07) is 4.88. The molecule has 1 spiro atoms. The van der Waals surface area contributed by atoms with Gasteiger partial charge in [-0.1, -0.05) is 0 Å². The van der Waals surface area contributed by atoms with Gasteiger partial charge in [-0.15, -0.1) is 0 Å². The molecule has 2 saturated heterocycles. The summed E-state index contributed by atoms with van der Waals surface area (Å²) in [6.07, 6.45) is 3.87. The highest BCUT2D eigenvalue weighted by Gasteiger charge is 2.44. The molecule has 0 aliphatic carbocycles. The van der Waals surface area contributed by atoms with E-state index >= 15 is 4.39 Å². The summed E-state index contributed by atoms with van der Waals surface area (Å²) in [5.41, 5.74) is 2.49. The molecule has 35 heavy (non-hydrogen) atoms. The summed E-state index contributed by atoms with van der Waals surface area (Å²) < 4.78 is 32.1. The van der Waals surface area contributed by atoms with Crippen molar-refractivity contribution in [2.45, 2.75) is 31.5 Å². The number of carbonyl (C=O) groups excluding carboxylic acids is 1. The number of benzene rings is 1. The first-order chi connectivity index (χ1) is 17.0. The molecule has 182 valence electrons. The van der Waals surface area contributed by atoms with Gasteiger partial charge >= 0.3 is 6.09 Å². The van der Waals surface area contributed by atoms with E-state index in [1.165, 1.54) is 12.3 Å². The molecule has 1 unspecified atom stereocenters. The molecule has 9 nitrogen and oxygen atoms in total. The highest BCUT2D eigenvalue weighted by Crippen LogP contribution is 2.37. The molecule has 3 aromatic rings. The van der Waals surface area contributed by atoms with Gasteiger partial charge in [-0.25, -0.2) is 19.2 Å². The van der Waals surface area contributed by atoms with Crippen molar-refractivity contribution in [2.24, 2.45) is 0 Å². The van der Waals surface area contributed by atoms with Crippen LogP contribution in [0.4, 0.5) is 20.7 Å². The fraction of sp³-hybridized carbons (Fsp3) is 0.400. The Bertz CT molecular complexity index is 1310. The molecule has 10 heteroatoms. The first-order valence-electron chi connectivity index (χ1n) is 11.8. The fourth-order valence-electron chi connectivity index (χ4n) is 5.11. The summed E-state index contributed by atoms with van der Waals surface area (Å²) >= 11 is 0. The Labute approximate surface area is 201 Å². The van der Waals surface area contributed by atoms with E-state index in [4.69, 9.17) is 14.2 Å². The molecule has 0 radical (unpaired) electrons. The van der Waals surface area contributed by atoms with Gasteiger partial charge in [0.05, 0.1) is 12.2 Å². The molecule has 3 aliphatic rings. The van der Waals surface area contributed by atoms with Crippen LogP contribution in [0.5, 0.6) is 5.88 Å². The van der Waals surface area contributed by atoms with Gasteiger partial charge < -0.3 is 24.8 Å². The molecule has 2 aromatic heterocycles. The van der Waals surface area contributed by atoms with E-state index in [0.29, 0.717) is 54.4 Å². The number of anilines is 2. The van der Waals surface area contributed by atoms with Crippen LogP contribution in [0.15, 0.2) is 30.6 Å². The highest BCUT2D eigenvalue weighted by molar-refractivity contribution is 5.92. The highest BCUT2D eigenvalue weighted by atomic mass is 19.1. The van der Waals surface area contributed by atoms with E-state index in [1.807, 2.05) is 6.92 Å². The molecule has 2 atom stereocenters. The molecule has 6 rings (SSSR count). The van der Waals surface area contributed by atoms with Gasteiger partial charge in [0.25, 0.3) is 0 Å². The molecule has 1 aromatic carbocycles. The predicted octanol–water partition coefficient (Wildman–Crippen LogP) is 3.62. The zero-order chi connectivity index (χ0) is 24.0. The second-order valence-corrected chi connectivity index (χ2v) is 9.28. The predicted molar refractivity (Wildman–Crippen MR) is 128 cm³/mol. The molecular weight excluding hydrogens is 453 g/mol. The molecule has 1 amide bonds. The second kappa shape index (κ2) is 8.62. The normalized spacial score (nSPS) is 23.1. The number of hydrogen-bond donors (Lipinski definition) is 3. The van der Waals surface area contributed by atoms with Crippen molar-refractivity contribution < 1.29 is 23.4 Å². The summed E-state index contributed by atoms with van der Waals surface area (Å²) in [5, 5.41) is 10.6. The van der Waals surface area contributed by atoms with E-state index in [9.17, 15) is 4.79 Å². The SMILES string of the molecule is Cc1c(-c2cc3cc(NC(=O)O[C@H]4COC5(CCNC5)C4)ncc3cc2F)cnc2c1NCCO2. The van der Waals surface area contributed by atoms with Gasteiger partial charge in [0.1, 0.15) is 30.0 Å². The van der Waals surface area contributed by atoms with Crippen molar-refractivity contribution in [2.75, 3.05) is 43.5 Å². The molecule has 5 heterocycles. The second-order valence-electron chi connectivity index (χ2n) is 9.28. The van der Waals surface area contributed by atoms with Crippen molar-refractivity contribution in [3.8, 4) is 17.0 Å². The Morgan fingerprint density at radius 3 is 2.97 bits per heavy atom. The molecule has 2 fully saturated rings. The molecule has 3 N–H and O–H groups in total. The summed E-state index contributed by atoms with van der Waals surface area (Å²) in [7, 11) is 0. The van der Waals surface area contributed by atoms with Crippen molar-refractivity contribution in [1.82, 2.24) is 15.3 Å². The van der Waals surface area contributed by atoms with Gasteiger partial charge in [0, 0.05) is 48.4 Å². The van der Waals surface area contributed by atoms with Gasteiger partial charge in [-0.3, -0.25) is 5.32 Å². The van der Waals surface area contributed by atoms with E-state index in [0.717, 1.165) is 36.1 Å². The minimum absolute atomic E-state index is 0.224. The number of nitrogens with one attached hydrogen (secondary N) is 3. The van der Waals surface area contributed by atoms with Crippen molar-refractivity contribution in [3.63, 3.8) is 0 Å². The monoisotopic (exact) mass is 479 g/mol. The van der Waals surface area contributed by atoms with Crippen LogP contribution in [0, 0.1) is 12.7 Å². The van der Waals surface area contributed by atoms with Crippen LogP contribution in [-0.2, 0) is 9.47 Å². The van der Waals surface area contributed by atoms with E-state index < -0.39 is 6.09 Å². The maximum Gasteiger partial charge on any atom is 0.413 e. The zero-order valence-electron chi connectivity index (χ0n) is 19.3. The number of halogens is 1. The quantitative estimate of drug-likeness (QED) is 0.523. The number of amides is 1. The van der Waals surface area contributed by atoms with Crippen LogP contribution in [0.1, 0.15) is 18.4 Å². The van der Waals surface area contributed by atoms with Gasteiger partial charge in [-0.2, -0.15) is 0 Å². The van der Waals surface area contributed by atoms with Crippen molar-refractivity contribution in [3.05, 3.63) is 42.0 Å². The number of nitrogens with zero attached hydrogens (tertiary/aromatic N) is 2. The Kier molecular flexibility index (Phi) is 5.42. The van der Waals surface area contributed by atoms with Crippen LogP contribution in [0.25, 0.3) is 21.9 Å². The van der Waals surface area contributed by atoms with Crippen LogP contribution in [0.2, 0.25) is 0 Å². The van der Waals surface area contributed by atoms with Gasteiger partial charge in [0.2, 0.25) is 5.88 Å². The average Bonchev–Trinajstić information content (AvgIpc) is 3.48. The van der Waals surface area contributed by atoms with Crippen molar-refractivity contribution in [1.29, 1.82) is 0 Å². The molecule has 3 aliphatic heterocycles. The number of hydrogen-bond acceptors (Lipinski definition) is 8. The van der Waals surface area contributed by atoms with Crippen LogP contribution in [-0.4, -0.2) is 60.6 Å². The van der Waals surface area contributed by atoms with Crippen LogP contribution >= 0.6 is 0 Å². The first kappa shape index (κ1) is 22.0.